The number of benzene rings is 1. The van der Waals surface area contributed by atoms with Crippen molar-refractivity contribution in [3.8, 4) is 5.75 Å². The van der Waals surface area contributed by atoms with E-state index in [1.54, 1.807) is 18.5 Å². The molecule has 0 amide bonds. The Morgan fingerprint density at radius 2 is 2.14 bits per heavy atom. The number of H-pyrrole nitrogens is 1. The van der Waals surface area contributed by atoms with E-state index in [1.807, 2.05) is 12.1 Å². The molecular weight excluding hydrogens is 178 g/mol. The SMILES string of the molecule is Oc1ccnc2ccc3cn[nH]c3c12. The normalized spacial score (nSPS) is 11.1. The van der Waals surface area contributed by atoms with Gasteiger partial charge >= 0.3 is 0 Å². The molecule has 0 aliphatic rings. The number of pyridine rings is 1. The van der Waals surface area contributed by atoms with E-state index in [2.05, 4.69) is 15.2 Å². The van der Waals surface area contributed by atoms with E-state index in [-0.39, 0.29) is 5.75 Å². The van der Waals surface area contributed by atoms with Crippen LogP contribution in [-0.4, -0.2) is 20.3 Å². The van der Waals surface area contributed by atoms with Gasteiger partial charge in [-0.3, -0.25) is 10.1 Å². The molecule has 4 nitrogen and oxygen atoms in total. The number of aromatic amines is 1. The number of nitrogens with zero attached hydrogens (tertiary/aromatic N) is 2. The van der Waals surface area contributed by atoms with E-state index in [9.17, 15) is 5.11 Å². The third-order valence-corrected chi connectivity index (χ3v) is 2.30. The molecule has 0 atom stereocenters. The summed E-state index contributed by atoms with van der Waals surface area (Å²) in [5, 5.41) is 18.2. The van der Waals surface area contributed by atoms with Gasteiger partial charge in [0.1, 0.15) is 5.75 Å². The van der Waals surface area contributed by atoms with Crippen LogP contribution >= 0.6 is 0 Å². The molecule has 0 saturated carbocycles. The molecule has 2 N–H and O–H groups in total. The minimum absolute atomic E-state index is 0.227. The fourth-order valence-electron chi connectivity index (χ4n) is 1.64. The lowest BCUT2D eigenvalue weighted by molar-refractivity contribution is 0.481. The van der Waals surface area contributed by atoms with Gasteiger partial charge in [-0.2, -0.15) is 5.10 Å². The highest BCUT2D eigenvalue weighted by atomic mass is 16.3. The highest BCUT2D eigenvalue weighted by Crippen LogP contribution is 2.28. The van der Waals surface area contributed by atoms with Gasteiger partial charge in [-0.15, -0.1) is 0 Å². The number of nitrogens with one attached hydrogen (secondary N) is 1. The van der Waals surface area contributed by atoms with Gasteiger partial charge in [0, 0.05) is 11.6 Å². The summed E-state index contributed by atoms with van der Waals surface area (Å²) in [5.41, 5.74) is 1.59. The monoisotopic (exact) mass is 185 g/mol. The summed E-state index contributed by atoms with van der Waals surface area (Å²) in [6.07, 6.45) is 3.31. The fraction of sp³-hybridized carbons (Fsp3) is 0. The number of hydrogen-bond donors (Lipinski definition) is 2. The van der Waals surface area contributed by atoms with Gasteiger partial charge in [0.2, 0.25) is 0 Å². The summed E-state index contributed by atoms with van der Waals surface area (Å²) in [4.78, 5) is 4.16. The molecule has 0 spiro atoms. The molecule has 3 aromatic rings. The van der Waals surface area contributed by atoms with Crippen LogP contribution in [0.5, 0.6) is 5.75 Å². The molecular formula is C10H7N3O. The van der Waals surface area contributed by atoms with Crippen molar-refractivity contribution in [2.45, 2.75) is 0 Å². The maximum atomic E-state index is 9.70. The second-order valence-corrected chi connectivity index (χ2v) is 3.12. The van der Waals surface area contributed by atoms with Crippen LogP contribution in [0.25, 0.3) is 21.8 Å². The van der Waals surface area contributed by atoms with E-state index in [4.69, 9.17) is 0 Å². The van der Waals surface area contributed by atoms with Gasteiger partial charge in [-0.05, 0) is 18.2 Å². The first-order chi connectivity index (χ1) is 6.86. The number of hydrogen-bond acceptors (Lipinski definition) is 3. The first kappa shape index (κ1) is 7.32. The van der Waals surface area contributed by atoms with Gasteiger partial charge in [-0.1, -0.05) is 0 Å². The first-order valence-corrected chi connectivity index (χ1v) is 4.26. The highest BCUT2D eigenvalue weighted by Gasteiger charge is 2.06. The van der Waals surface area contributed by atoms with Gasteiger partial charge in [0.15, 0.2) is 0 Å². The lowest BCUT2D eigenvalue weighted by Crippen LogP contribution is -1.80. The topological polar surface area (TPSA) is 61.8 Å². The van der Waals surface area contributed by atoms with Crippen LogP contribution in [0, 0.1) is 0 Å². The van der Waals surface area contributed by atoms with E-state index >= 15 is 0 Å². The van der Waals surface area contributed by atoms with Crippen LogP contribution in [0.3, 0.4) is 0 Å². The Balaban J connectivity index is 2.67. The van der Waals surface area contributed by atoms with Crippen LogP contribution in [0.15, 0.2) is 30.6 Å². The zero-order chi connectivity index (χ0) is 9.54. The smallest absolute Gasteiger partial charge is 0.128 e. The third-order valence-electron chi connectivity index (χ3n) is 2.30. The molecule has 14 heavy (non-hydrogen) atoms. The van der Waals surface area contributed by atoms with Crippen LogP contribution < -0.4 is 0 Å². The Labute approximate surface area is 79.2 Å². The Morgan fingerprint density at radius 3 is 3.07 bits per heavy atom. The molecule has 68 valence electrons. The largest absolute Gasteiger partial charge is 0.507 e. The molecule has 0 aliphatic heterocycles. The second kappa shape index (κ2) is 2.45. The third kappa shape index (κ3) is 0.821. The standard InChI is InChI=1S/C10H7N3O/c14-8-3-4-11-7-2-1-6-5-12-13-10(6)9(7)8/h1-5H,(H,11,14)(H,12,13). The minimum Gasteiger partial charge on any atom is -0.507 e. The van der Waals surface area contributed by atoms with Crippen LogP contribution in [-0.2, 0) is 0 Å². The molecule has 0 radical (unpaired) electrons. The van der Waals surface area contributed by atoms with Crippen molar-refractivity contribution >= 4 is 21.8 Å². The van der Waals surface area contributed by atoms with Crippen LogP contribution in [0.4, 0.5) is 0 Å². The molecule has 2 heterocycles. The van der Waals surface area contributed by atoms with Crippen molar-refractivity contribution < 1.29 is 5.11 Å². The molecule has 3 rings (SSSR count). The summed E-state index contributed by atoms with van der Waals surface area (Å²) >= 11 is 0. The molecule has 0 fully saturated rings. The zero-order valence-electron chi connectivity index (χ0n) is 7.23. The minimum atomic E-state index is 0.227. The zero-order valence-corrected chi connectivity index (χ0v) is 7.23. The van der Waals surface area contributed by atoms with E-state index in [0.29, 0.717) is 0 Å². The summed E-state index contributed by atoms with van der Waals surface area (Å²) < 4.78 is 0. The van der Waals surface area contributed by atoms with E-state index in [1.165, 1.54) is 0 Å². The number of aromatic nitrogens is 3. The molecule has 4 heteroatoms. The maximum Gasteiger partial charge on any atom is 0.128 e. The Bertz CT molecular complexity index is 615. The Morgan fingerprint density at radius 1 is 1.21 bits per heavy atom. The lowest BCUT2D eigenvalue weighted by atomic mass is 10.1. The fourth-order valence-corrected chi connectivity index (χ4v) is 1.64. The lowest BCUT2D eigenvalue weighted by Gasteiger charge is -2.00. The number of aromatic hydroxyl groups is 1. The summed E-state index contributed by atoms with van der Waals surface area (Å²) in [6, 6.07) is 5.36. The number of fused-ring (bicyclic) bond motifs is 3. The Hall–Kier alpha value is -2.10. The van der Waals surface area contributed by atoms with Gasteiger partial charge in [0.25, 0.3) is 0 Å². The van der Waals surface area contributed by atoms with Crippen molar-refractivity contribution in [3.05, 3.63) is 30.6 Å². The van der Waals surface area contributed by atoms with Crippen molar-refractivity contribution in [2.24, 2.45) is 0 Å². The second-order valence-electron chi connectivity index (χ2n) is 3.12. The van der Waals surface area contributed by atoms with E-state index in [0.717, 1.165) is 21.8 Å². The molecule has 0 aliphatic carbocycles. The average molecular weight is 185 g/mol. The van der Waals surface area contributed by atoms with Crippen LogP contribution in [0.1, 0.15) is 0 Å². The van der Waals surface area contributed by atoms with E-state index < -0.39 is 0 Å². The number of rotatable bonds is 0. The quantitative estimate of drug-likeness (QED) is 0.561. The summed E-state index contributed by atoms with van der Waals surface area (Å²) in [5.74, 6) is 0.227. The molecule has 0 saturated heterocycles. The maximum absolute atomic E-state index is 9.70. The first-order valence-electron chi connectivity index (χ1n) is 4.26. The molecule has 0 bridgehead atoms. The van der Waals surface area contributed by atoms with Gasteiger partial charge < -0.3 is 5.11 Å². The molecule has 2 aromatic heterocycles. The predicted octanol–water partition coefficient (Wildman–Crippen LogP) is 1.82. The Kier molecular flexibility index (Phi) is 1.28. The summed E-state index contributed by atoms with van der Waals surface area (Å²) in [7, 11) is 0. The van der Waals surface area contributed by atoms with Crippen molar-refractivity contribution in [3.63, 3.8) is 0 Å². The summed E-state index contributed by atoms with van der Waals surface area (Å²) in [6.45, 7) is 0. The van der Waals surface area contributed by atoms with Gasteiger partial charge in [-0.25, -0.2) is 0 Å². The molecule has 1 aromatic carbocycles. The van der Waals surface area contributed by atoms with Gasteiger partial charge in [0.05, 0.1) is 22.6 Å². The highest BCUT2D eigenvalue weighted by molar-refractivity contribution is 6.06. The predicted molar refractivity (Wildman–Crippen MR) is 53.1 cm³/mol. The average Bonchev–Trinajstić information content (AvgIpc) is 2.65. The molecule has 0 unspecified atom stereocenters. The van der Waals surface area contributed by atoms with Crippen molar-refractivity contribution in [1.29, 1.82) is 0 Å². The van der Waals surface area contributed by atoms with Crippen molar-refractivity contribution in [1.82, 2.24) is 15.2 Å². The van der Waals surface area contributed by atoms with Crippen LogP contribution in [0.2, 0.25) is 0 Å². The van der Waals surface area contributed by atoms with Crippen molar-refractivity contribution in [2.75, 3.05) is 0 Å².